The lowest BCUT2D eigenvalue weighted by Crippen LogP contribution is -3.09. The summed E-state index contributed by atoms with van der Waals surface area (Å²) in [6.45, 7) is 0. The average Bonchev–Trinajstić information content (AvgIpc) is 2.70. The number of hydrogen-bond donors (Lipinski definition) is 4. The second-order valence-corrected chi connectivity index (χ2v) is 4.85. The van der Waals surface area contributed by atoms with Gasteiger partial charge in [0.05, 0.1) is 39.5 Å². The zero-order valence-corrected chi connectivity index (χ0v) is 11.8. The molecule has 0 fully saturated rings. The SMILES string of the molecule is Cn1cccc1/C(=C/C(=N)[NH+](C)C)C(=N)[NH+](C)C. The Morgan fingerprint density at radius 2 is 1.78 bits per heavy atom. The molecule has 0 amide bonds. The zero-order valence-electron chi connectivity index (χ0n) is 11.8. The minimum absolute atomic E-state index is 0.470. The van der Waals surface area contributed by atoms with E-state index in [1.54, 1.807) is 6.08 Å². The summed E-state index contributed by atoms with van der Waals surface area (Å²) in [5, 5.41) is 16.1. The summed E-state index contributed by atoms with van der Waals surface area (Å²) >= 11 is 0. The number of quaternary nitrogens is 2. The van der Waals surface area contributed by atoms with Crippen LogP contribution in [0.4, 0.5) is 0 Å². The lowest BCUT2D eigenvalue weighted by molar-refractivity contribution is -0.758. The van der Waals surface area contributed by atoms with E-state index in [0.29, 0.717) is 11.7 Å². The summed E-state index contributed by atoms with van der Waals surface area (Å²) in [6, 6.07) is 3.93. The van der Waals surface area contributed by atoms with Crippen molar-refractivity contribution in [3.05, 3.63) is 30.1 Å². The molecule has 0 aromatic carbocycles. The molecule has 0 saturated carbocycles. The Labute approximate surface area is 108 Å². The molecule has 1 heterocycles. The highest BCUT2D eigenvalue weighted by Gasteiger charge is 2.19. The molecule has 98 valence electrons. The van der Waals surface area contributed by atoms with E-state index < -0.39 is 0 Å². The van der Waals surface area contributed by atoms with Gasteiger partial charge < -0.3 is 4.57 Å². The van der Waals surface area contributed by atoms with E-state index in [9.17, 15) is 0 Å². The van der Waals surface area contributed by atoms with Gasteiger partial charge in [0, 0.05) is 19.3 Å². The molecular weight excluding hydrogens is 226 g/mol. The Morgan fingerprint density at radius 3 is 2.17 bits per heavy atom. The highest BCUT2D eigenvalue weighted by atomic mass is 15.1. The van der Waals surface area contributed by atoms with Gasteiger partial charge in [-0.3, -0.25) is 20.6 Å². The molecule has 0 spiro atoms. The van der Waals surface area contributed by atoms with Crippen LogP contribution in [0.1, 0.15) is 5.69 Å². The van der Waals surface area contributed by atoms with E-state index in [0.717, 1.165) is 21.1 Å². The van der Waals surface area contributed by atoms with Gasteiger partial charge in [-0.25, -0.2) is 0 Å². The summed E-state index contributed by atoms with van der Waals surface area (Å²) < 4.78 is 1.97. The second-order valence-electron chi connectivity index (χ2n) is 4.85. The standard InChI is InChI=1S/C13H21N5/c1-16(2)12(14)9-10(13(15)17(3)4)11-7-6-8-18(11)5/h6-9,14-15H,1-5H3/p+2/b10-9-,14-12?,15-13?. The topological polar surface area (TPSA) is 61.5 Å². The summed E-state index contributed by atoms with van der Waals surface area (Å²) in [5.41, 5.74) is 1.76. The monoisotopic (exact) mass is 249 g/mol. The smallest absolute Gasteiger partial charge is 0.227 e. The van der Waals surface area contributed by atoms with Crippen molar-refractivity contribution >= 4 is 17.2 Å². The van der Waals surface area contributed by atoms with Crippen LogP contribution in [0.15, 0.2) is 24.4 Å². The molecule has 1 aromatic heterocycles. The Morgan fingerprint density at radius 1 is 1.17 bits per heavy atom. The number of rotatable bonds is 3. The van der Waals surface area contributed by atoms with Crippen LogP contribution in [-0.2, 0) is 7.05 Å². The number of nitrogens with zero attached hydrogens (tertiary/aromatic N) is 1. The number of nitrogens with one attached hydrogen (secondary N) is 4. The number of aryl methyl sites for hydroxylation is 1. The third-order valence-electron chi connectivity index (χ3n) is 2.82. The quantitative estimate of drug-likeness (QED) is 0.378. The molecule has 0 aliphatic heterocycles. The molecule has 4 N–H and O–H groups in total. The molecule has 1 aromatic rings. The summed E-state index contributed by atoms with van der Waals surface area (Å²) in [4.78, 5) is 1.90. The Balaban J connectivity index is 3.24. The number of hydrogen-bond acceptors (Lipinski definition) is 2. The molecule has 0 atom stereocenters. The van der Waals surface area contributed by atoms with Crippen molar-refractivity contribution in [1.29, 1.82) is 10.8 Å². The minimum Gasteiger partial charge on any atom is -0.350 e. The third kappa shape index (κ3) is 3.15. The molecule has 0 unspecified atom stereocenters. The normalized spacial score (nSPS) is 12.3. The van der Waals surface area contributed by atoms with Crippen LogP contribution in [0, 0.1) is 10.8 Å². The van der Waals surface area contributed by atoms with Gasteiger partial charge in [0.1, 0.15) is 0 Å². The van der Waals surface area contributed by atoms with Gasteiger partial charge in [-0.1, -0.05) is 0 Å². The van der Waals surface area contributed by atoms with Gasteiger partial charge in [0.2, 0.25) is 11.7 Å². The highest BCUT2D eigenvalue weighted by molar-refractivity contribution is 6.20. The van der Waals surface area contributed by atoms with Crippen LogP contribution in [0.3, 0.4) is 0 Å². The van der Waals surface area contributed by atoms with Crippen molar-refractivity contribution in [3.63, 3.8) is 0 Å². The van der Waals surface area contributed by atoms with Gasteiger partial charge >= 0.3 is 0 Å². The number of amidine groups is 2. The maximum absolute atomic E-state index is 8.18. The molecule has 0 radical (unpaired) electrons. The van der Waals surface area contributed by atoms with Crippen LogP contribution in [0.25, 0.3) is 5.57 Å². The minimum atomic E-state index is 0.470. The molecular formula is C13H23N5+2. The van der Waals surface area contributed by atoms with Crippen LogP contribution >= 0.6 is 0 Å². The summed E-state index contributed by atoms with van der Waals surface area (Å²) in [6.07, 6.45) is 3.73. The summed E-state index contributed by atoms with van der Waals surface area (Å²) in [5.74, 6) is 0.958. The molecule has 18 heavy (non-hydrogen) atoms. The van der Waals surface area contributed by atoms with E-state index >= 15 is 0 Å². The maximum Gasteiger partial charge on any atom is 0.227 e. The van der Waals surface area contributed by atoms with E-state index in [-0.39, 0.29) is 0 Å². The van der Waals surface area contributed by atoms with Gasteiger partial charge in [-0.15, -0.1) is 0 Å². The Kier molecular flexibility index (Phi) is 4.58. The Hall–Kier alpha value is -1.72. The predicted octanol–water partition coefficient (Wildman–Crippen LogP) is -1.35. The molecule has 0 bridgehead atoms. The van der Waals surface area contributed by atoms with Crippen LogP contribution in [0.2, 0.25) is 0 Å². The van der Waals surface area contributed by atoms with Crippen molar-refractivity contribution in [1.82, 2.24) is 4.57 Å². The first-order valence-corrected chi connectivity index (χ1v) is 5.96. The first-order valence-electron chi connectivity index (χ1n) is 5.96. The molecule has 5 nitrogen and oxygen atoms in total. The zero-order chi connectivity index (χ0) is 13.9. The lowest BCUT2D eigenvalue weighted by atomic mass is 10.1. The average molecular weight is 249 g/mol. The van der Waals surface area contributed by atoms with Crippen molar-refractivity contribution in [2.24, 2.45) is 7.05 Å². The Bertz CT molecular complexity index is 479. The first kappa shape index (κ1) is 14.3. The van der Waals surface area contributed by atoms with Crippen molar-refractivity contribution in [2.75, 3.05) is 28.2 Å². The van der Waals surface area contributed by atoms with Crippen LogP contribution in [-0.4, -0.2) is 44.4 Å². The van der Waals surface area contributed by atoms with Crippen LogP contribution < -0.4 is 9.80 Å². The van der Waals surface area contributed by atoms with Crippen LogP contribution in [0.5, 0.6) is 0 Å². The van der Waals surface area contributed by atoms with E-state index in [1.807, 2.05) is 58.1 Å². The van der Waals surface area contributed by atoms with Gasteiger partial charge in [-0.2, -0.15) is 0 Å². The first-order chi connectivity index (χ1) is 8.34. The molecule has 0 aliphatic rings. The highest BCUT2D eigenvalue weighted by Crippen LogP contribution is 2.13. The predicted molar refractivity (Wildman–Crippen MR) is 74.5 cm³/mol. The number of likely N-dealkylation sites (N-methyl/N-ethyl adjacent to an activating group) is 2. The van der Waals surface area contributed by atoms with Crippen molar-refractivity contribution < 1.29 is 9.80 Å². The van der Waals surface area contributed by atoms with Crippen molar-refractivity contribution in [3.8, 4) is 0 Å². The van der Waals surface area contributed by atoms with E-state index in [4.69, 9.17) is 10.8 Å². The molecule has 1 rings (SSSR count). The van der Waals surface area contributed by atoms with E-state index in [1.165, 1.54) is 0 Å². The number of aromatic nitrogens is 1. The summed E-state index contributed by atoms with van der Waals surface area (Å²) in [7, 11) is 9.62. The molecule has 5 heteroatoms. The fourth-order valence-electron chi connectivity index (χ4n) is 1.57. The van der Waals surface area contributed by atoms with Gasteiger partial charge in [0.25, 0.3) is 0 Å². The largest absolute Gasteiger partial charge is 0.350 e. The van der Waals surface area contributed by atoms with Crippen molar-refractivity contribution in [2.45, 2.75) is 0 Å². The molecule has 0 saturated heterocycles. The van der Waals surface area contributed by atoms with Gasteiger partial charge in [-0.05, 0) is 12.1 Å². The van der Waals surface area contributed by atoms with Gasteiger partial charge in [0.15, 0.2) is 0 Å². The lowest BCUT2D eigenvalue weighted by Gasteiger charge is -2.13. The third-order valence-corrected chi connectivity index (χ3v) is 2.82. The fraction of sp³-hybridized carbons (Fsp3) is 0.385. The van der Waals surface area contributed by atoms with E-state index in [2.05, 4.69) is 0 Å². The second kappa shape index (κ2) is 5.75. The molecule has 0 aliphatic carbocycles. The maximum atomic E-state index is 8.18. The fourth-order valence-corrected chi connectivity index (χ4v) is 1.57.